The van der Waals surface area contributed by atoms with E-state index < -0.39 is 0 Å². The van der Waals surface area contributed by atoms with Gasteiger partial charge < -0.3 is 15.4 Å². The van der Waals surface area contributed by atoms with Gasteiger partial charge in [0.15, 0.2) is 6.61 Å². The Labute approximate surface area is 118 Å². The molecule has 1 aromatic carbocycles. The maximum atomic E-state index is 13.0. The van der Waals surface area contributed by atoms with Crippen LogP contribution in [0.15, 0.2) is 24.3 Å². The highest BCUT2D eigenvalue weighted by Crippen LogP contribution is 2.19. The second kappa shape index (κ2) is 6.70. The number of nitrogens with zero attached hydrogens (tertiary/aromatic N) is 1. The Hall–Kier alpha value is -1.62. The Morgan fingerprint density at radius 1 is 1.60 bits per heavy atom. The number of hydrogen-bond acceptors (Lipinski definition) is 3. The number of rotatable bonds is 4. The largest absolute Gasteiger partial charge is 0.484 e. The van der Waals surface area contributed by atoms with Crippen LogP contribution in [0.5, 0.6) is 5.75 Å². The molecule has 1 saturated heterocycles. The molecule has 20 heavy (non-hydrogen) atoms. The first-order valence-corrected chi connectivity index (χ1v) is 6.98. The van der Waals surface area contributed by atoms with Gasteiger partial charge in [-0.05, 0) is 37.8 Å². The van der Waals surface area contributed by atoms with E-state index in [1.165, 1.54) is 12.1 Å². The fourth-order valence-electron chi connectivity index (χ4n) is 2.46. The van der Waals surface area contributed by atoms with Gasteiger partial charge in [-0.3, -0.25) is 4.79 Å². The Morgan fingerprint density at radius 2 is 2.40 bits per heavy atom. The van der Waals surface area contributed by atoms with Crippen molar-refractivity contribution in [2.45, 2.75) is 25.8 Å². The molecule has 1 aliphatic heterocycles. The average molecular weight is 280 g/mol. The molecule has 110 valence electrons. The van der Waals surface area contributed by atoms with Crippen molar-refractivity contribution < 1.29 is 13.9 Å². The minimum Gasteiger partial charge on any atom is -0.484 e. The molecule has 1 aromatic rings. The van der Waals surface area contributed by atoms with Crippen LogP contribution in [0.2, 0.25) is 0 Å². The van der Waals surface area contributed by atoms with Crippen molar-refractivity contribution in [1.82, 2.24) is 4.90 Å². The van der Waals surface area contributed by atoms with Crippen molar-refractivity contribution in [2.24, 2.45) is 11.7 Å². The van der Waals surface area contributed by atoms with Crippen molar-refractivity contribution in [3.05, 3.63) is 30.1 Å². The van der Waals surface area contributed by atoms with Crippen molar-refractivity contribution in [3.8, 4) is 5.75 Å². The molecule has 2 N–H and O–H groups in total. The lowest BCUT2D eigenvalue weighted by atomic mass is 9.92. The van der Waals surface area contributed by atoms with Crippen LogP contribution in [-0.4, -0.2) is 36.5 Å². The zero-order valence-electron chi connectivity index (χ0n) is 11.7. The summed E-state index contributed by atoms with van der Waals surface area (Å²) in [4.78, 5) is 13.9. The van der Waals surface area contributed by atoms with E-state index in [2.05, 4.69) is 0 Å². The lowest BCUT2D eigenvalue weighted by molar-refractivity contribution is -0.135. The molecule has 1 heterocycles. The molecule has 1 fully saturated rings. The molecule has 0 spiro atoms. The Balaban J connectivity index is 1.85. The predicted molar refractivity (Wildman–Crippen MR) is 74.8 cm³/mol. The third kappa shape index (κ3) is 3.93. The van der Waals surface area contributed by atoms with Crippen molar-refractivity contribution >= 4 is 5.91 Å². The van der Waals surface area contributed by atoms with Gasteiger partial charge in [-0.1, -0.05) is 6.07 Å². The van der Waals surface area contributed by atoms with Crippen LogP contribution < -0.4 is 10.5 Å². The molecule has 0 aromatic heterocycles. The molecule has 0 saturated carbocycles. The number of benzene rings is 1. The number of nitrogens with two attached hydrogens (primary N) is 1. The Kier molecular flexibility index (Phi) is 4.95. The van der Waals surface area contributed by atoms with Crippen LogP contribution in [0.25, 0.3) is 0 Å². The highest BCUT2D eigenvalue weighted by atomic mass is 19.1. The van der Waals surface area contributed by atoms with E-state index in [0.717, 1.165) is 19.4 Å². The van der Waals surface area contributed by atoms with Gasteiger partial charge in [-0.15, -0.1) is 0 Å². The monoisotopic (exact) mass is 280 g/mol. The van der Waals surface area contributed by atoms with Gasteiger partial charge >= 0.3 is 0 Å². The average Bonchev–Trinajstić information content (AvgIpc) is 2.45. The molecule has 0 unspecified atom stereocenters. The quantitative estimate of drug-likeness (QED) is 0.915. The normalized spacial score (nSPS) is 20.6. The first kappa shape index (κ1) is 14.8. The summed E-state index contributed by atoms with van der Waals surface area (Å²) in [7, 11) is 0. The molecule has 1 amide bonds. The first-order chi connectivity index (χ1) is 9.56. The highest BCUT2D eigenvalue weighted by molar-refractivity contribution is 5.77. The second-order valence-corrected chi connectivity index (χ2v) is 5.35. The van der Waals surface area contributed by atoms with Crippen LogP contribution in [0, 0.1) is 11.7 Å². The van der Waals surface area contributed by atoms with Gasteiger partial charge in [0.2, 0.25) is 0 Å². The van der Waals surface area contributed by atoms with Gasteiger partial charge in [0, 0.05) is 25.2 Å². The zero-order valence-corrected chi connectivity index (χ0v) is 11.7. The first-order valence-electron chi connectivity index (χ1n) is 6.98. The summed E-state index contributed by atoms with van der Waals surface area (Å²) in [6.07, 6.45) is 2.03. The minimum atomic E-state index is -0.370. The lowest BCUT2D eigenvalue weighted by Gasteiger charge is -2.34. The number of likely N-dealkylation sites (tertiary alicyclic amines) is 1. The SMILES string of the molecule is C[C@@H](N)[C@@H]1CCCN(C(=O)COc2cccc(F)c2)C1. The van der Waals surface area contributed by atoms with Gasteiger partial charge in [0.25, 0.3) is 5.91 Å². The number of hydrogen-bond donors (Lipinski definition) is 1. The molecule has 5 heteroatoms. The van der Waals surface area contributed by atoms with Crippen molar-refractivity contribution in [2.75, 3.05) is 19.7 Å². The molecule has 2 rings (SSSR count). The number of ether oxygens (including phenoxy) is 1. The molecular weight excluding hydrogens is 259 g/mol. The maximum absolute atomic E-state index is 13.0. The van der Waals surface area contributed by atoms with Crippen LogP contribution in [0.4, 0.5) is 4.39 Å². The van der Waals surface area contributed by atoms with E-state index in [1.54, 1.807) is 17.0 Å². The Bertz CT molecular complexity index is 465. The molecule has 0 bridgehead atoms. The summed E-state index contributed by atoms with van der Waals surface area (Å²) in [5.41, 5.74) is 5.90. The smallest absolute Gasteiger partial charge is 0.260 e. The number of amides is 1. The fourth-order valence-corrected chi connectivity index (χ4v) is 2.46. The van der Waals surface area contributed by atoms with Gasteiger partial charge in [-0.25, -0.2) is 4.39 Å². The van der Waals surface area contributed by atoms with E-state index in [0.29, 0.717) is 18.2 Å². The molecular formula is C15H21FN2O2. The van der Waals surface area contributed by atoms with Crippen LogP contribution >= 0.6 is 0 Å². The fraction of sp³-hybridized carbons (Fsp3) is 0.533. The number of piperidine rings is 1. The van der Waals surface area contributed by atoms with Gasteiger partial charge in [0.05, 0.1) is 0 Å². The zero-order chi connectivity index (χ0) is 14.5. The molecule has 0 aliphatic carbocycles. The third-order valence-corrected chi connectivity index (χ3v) is 3.71. The van der Waals surface area contributed by atoms with E-state index in [-0.39, 0.29) is 24.4 Å². The predicted octanol–water partition coefficient (Wildman–Crippen LogP) is 1.79. The molecule has 2 atom stereocenters. The van der Waals surface area contributed by atoms with E-state index in [1.807, 2.05) is 6.92 Å². The van der Waals surface area contributed by atoms with Crippen molar-refractivity contribution in [1.29, 1.82) is 0 Å². The van der Waals surface area contributed by atoms with Crippen molar-refractivity contribution in [3.63, 3.8) is 0 Å². The maximum Gasteiger partial charge on any atom is 0.260 e. The Morgan fingerprint density at radius 3 is 3.10 bits per heavy atom. The molecule has 1 aliphatic rings. The lowest BCUT2D eigenvalue weighted by Crippen LogP contribution is -2.46. The highest BCUT2D eigenvalue weighted by Gasteiger charge is 2.25. The van der Waals surface area contributed by atoms with Crippen LogP contribution in [0.3, 0.4) is 0 Å². The summed E-state index contributed by atoms with van der Waals surface area (Å²) in [6, 6.07) is 5.90. The second-order valence-electron chi connectivity index (χ2n) is 5.35. The van der Waals surface area contributed by atoms with E-state index in [9.17, 15) is 9.18 Å². The number of carbonyl (C=O) groups excluding carboxylic acids is 1. The topological polar surface area (TPSA) is 55.6 Å². The summed E-state index contributed by atoms with van der Waals surface area (Å²) in [5, 5.41) is 0. The van der Waals surface area contributed by atoms with Gasteiger partial charge in [-0.2, -0.15) is 0 Å². The summed E-state index contributed by atoms with van der Waals surface area (Å²) in [5.74, 6) is 0.283. The molecule has 4 nitrogen and oxygen atoms in total. The molecule has 0 radical (unpaired) electrons. The van der Waals surface area contributed by atoms with Crippen LogP contribution in [-0.2, 0) is 4.79 Å². The van der Waals surface area contributed by atoms with E-state index >= 15 is 0 Å². The number of halogens is 1. The van der Waals surface area contributed by atoms with Gasteiger partial charge in [0.1, 0.15) is 11.6 Å². The summed E-state index contributed by atoms with van der Waals surface area (Å²) < 4.78 is 18.3. The third-order valence-electron chi connectivity index (χ3n) is 3.71. The summed E-state index contributed by atoms with van der Waals surface area (Å²) in [6.45, 7) is 3.34. The summed E-state index contributed by atoms with van der Waals surface area (Å²) >= 11 is 0. The number of carbonyl (C=O) groups is 1. The van der Waals surface area contributed by atoms with E-state index in [4.69, 9.17) is 10.5 Å². The standard InChI is InChI=1S/C15H21FN2O2/c1-11(17)12-4-3-7-18(9-12)15(19)10-20-14-6-2-5-13(16)8-14/h2,5-6,8,11-12H,3-4,7,9-10,17H2,1H3/t11-,12-/m1/s1. The van der Waals surface area contributed by atoms with Crippen LogP contribution in [0.1, 0.15) is 19.8 Å². The minimum absolute atomic E-state index is 0.0604.